The molecule has 1 rings (SSSR count). The van der Waals surface area contributed by atoms with E-state index in [0.717, 1.165) is 10.6 Å². The minimum Gasteiger partial charge on any atom is -0.0990 e. The third kappa shape index (κ3) is 3.10. The van der Waals surface area contributed by atoms with Gasteiger partial charge < -0.3 is 0 Å². The summed E-state index contributed by atoms with van der Waals surface area (Å²) >= 11 is 5.92. The maximum atomic E-state index is 5.92. The Morgan fingerprint density at radius 2 is 2.13 bits per heavy atom. The summed E-state index contributed by atoms with van der Waals surface area (Å²) in [5, 5.41) is 0.773. The number of aryl methyl sites for hydroxylation is 1. The third-order valence-electron chi connectivity index (χ3n) is 2.14. The van der Waals surface area contributed by atoms with Gasteiger partial charge in [0.05, 0.1) is 0 Å². The maximum absolute atomic E-state index is 5.92. The molecule has 0 aliphatic heterocycles. The predicted molar refractivity (Wildman–Crippen MR) is 69.2 cm³/mol. The monoisotopic (exact) mass is 218 g/mol. The summed E-state index contributed by atoms with van der Waals surface area (Å²) in [7, 11) is 0. The van der Waals surface area contributed by atoms with E-state index in [0.29, 0.717) is 0 Å². The smallest absolute Gasteiger partial charge is 0.0409 e. The molecule has 0 spiro atoms. The van der Waals surface area contributed by atoms with Gasteiger partial charge in [-0.25, -0.2) is 0 Å². The Hall–Kier alpha value is -1.27. The van der Waals surface area contributed by atoms with Crippen LogP contribution in [0.25, 0.3) is 5.57 Å². The van der Waals surface area contributed by atoms with Crippen molar-refractivity contribution in [3.8, 4) is 0 Å². The van der Waals surface area contributed by atoms with Crippen LogP contribution in [0.4, 0.5) is 0 Å². The predicted octanol–water partition coefficient (Wildman–Crippen LogP) is 4.79. The maximum Gasteiger partial charge on any atom is 0.0409 e. The summed E-state index contributed by atoms with van der Waals surface area (Å²) in [6.45, 7) is 7.78. The zero-order valence-corrected chi connectivity index (χ0v) is 9.88. The molecule has 1 aromatic rings. The Balaban J connectivity index is 3.23. The van der Waals surface area contributed by atoms with E-state index in [2.05, 4.69) is 19.6 Å². The van der Waals surface area contributed by atoms with Crippen LogP contribution in [0.3, 0.4) is 0 Å². The molecule has 0 atom stereocenters. The molecule has 0 aliphatic rings. The molecule has 0 bridgehead atoms. The van der Waals surface area contributed by atoms with E-state index in [1.807, 2.05) is 37.3 Å². The lowest BCUT2D eigenvalue weighted by Crippen LogP contribution is -1.86. The lowest BCUT2D eigenvalue weighted by molar-refractivity contribution is 1.42. The number of hydrogen-bond acceptors (Lipinski definition) is 0. The first-order chi connectivity index (χ1) is 7.19. The molecule has 15 heavy (non-hydrogen) atoms. The Kier molecular flexibility index (Phi) is 4.38. The topological polar surface area (TPSA) is 0 Å². The highest BCUT2D eigenvalue weighted by molar-refractivity contribution is 6.30. The fourth-order valence-electron chi connectivity index (χ4n) is 1.49. The largest absolute Gasteiger partial charge is 0.0990 e. The minimum absolute atomic E-state index is 0.773. The standard InChI is InChI=1S/C14H15Cl/c1-4-6-12(7-5-2)14-9-8-13(15)10-11(14)3/h4-10H,1H2,2-3H3/b7-5-,12-6+. The van der Waals surface area contributed by atoms with E-state index >= 15 is 0 Å². The number of allylic oxidation sites excluding steroid dienone is 5. The van der Waals surface area contributed by atoms with Crippen LogP contribution in [0.5, 0.6) is 0 Å². The second-order valence-electron chi connectivity index (χ2n) is 3.32. The molecule has 0 unspecified atom stereocenters. The summed E-state index contributed by atoms with van der Waals surface area (Å²) in [4.78, 5) is 0. The Morgan fingerprint density at radius 3 is 2.67 bits per heavy atom. The van der Waals surface area contributed by atoms with Crippen molar-refractivity contribution in [3.63, 3.8) is 0 Å². The fraction of sp³-hybridized carbons (Fsp3) is 0.143. The van der Waals surface area contributed by atoms with Crippen LogP contribution >= 0.6 is 11.6 Å². The Morgan fingerprint density at radius 1 is 1.40 bits per heavy atom. The molecule has 0 N–H and O–H groups in total. The second kappa shape index (κ2) is 5.57. The first-order valence-electron chi connectivity index (χ1n) is 4.91. The number of benzene rings is 1. The molecule has 0 aliphatic carbocycles. The highest BCUT2D eigenvalue weighted by atomic mass is 35.5. The summed E-state index contributed by atoms with van der Waals surface area (Å²) in [6.07, 6.45) is 7.88. The van der Waals surface area contributed by atoms with Gasteiger partial charge in [0.25, 0.3) is 0 Å². The van der Waals surface area contributed by atoms with Crippen molar-refractivity contribution < 1.29 is 0 Å². The van der Waals surface area contributed by atoms with Crippen LogP contribution in [0, 0.1) is 6.92 Å². The second-order valence-corrected chi connectivity index (χ2v) is 3.75. The molecule has 1 heteroatoms. The number of halogens is 1. The zero-order chi connectivity index (χ0) is 11.3. The van der Waals surface area contributed by atoms with Crippen molar-refractivity contribution in [3.05, 3.63) is 65.2 Å². The highest BCUT2D eigenvalue weighted by Gasteiger charge is 2.01. The molecule has 0 heterocycles. The molecule has 0 amide bonds. The van der Waals surface area contributed by atoms with E-state index in [-0.39, 0.29) is 0 Å². The Bertz CT molecular complexity index is 411. The first-order valence-corrected chi connectivity index (χ1v) is 5.28. The molecule has 0 fully saturated rings. The van der Waals surface area contributed by atoms with Crippen LogP contribution in [0.2, 0.25) is 5.02 Å². The lowest BCUT2D eigenvalue weighted by atomic mass is 10.00. The molecule has 0 radical (unpaired) electrons. The van der Waals surface area contributed by atoms with Crippen molar-refractivity contribution in [1.82, 2.24) is 0 Å². The van der Waals surface area contributed by atoms with Crippen LogP contribution in [0.1, 0.15) is 18.1 Å². The summed E-state index contributed by atoms with van der Waals surface area (Å²) in [5.41, 5.74) is 3.52. The zero-order valence-electron chi connectivity index (χ0n) is 9.13. The van der Waals surface area contributed by atoms with Crippen molar-refractivity contribution in [2.45, 2.75) is 13.8 Å². The van der Waals surface area contributed by atoms with Gasteiger partial charge in [0.1, 0.15) is 0 Å². The SMILES string of the molecule is C=C/C=C(\C=C/C)c1ccc(Cl)cc1C. The molecule has 78 valence electrons. The van der Waals surface area contributed by atoms with Gasteiger partial charge in [-0.3, -0.25) is 0 Å². The van der Waals surface area contributed by atoms with Gasteiger partial charge in [0.15, 0.2) is 0 Å². The van der Waals surface area contributed by atoms with Gasteiger partial charge in [0.2, 0.25) is 0 Å². The highest BCUT2D eigenvalue weighted by Crippen LogP contribution is 2.23. The normalized spacial score (nSPS) is 12.1. The van der Waals surface area contributed by atoms with Gasteiger partial charge in [0, 0.05) is 5.02 Å². The molecule has 0 saturated carbocycles. The summed E-state index contributed by atoms with van der Waals surface area (Å²) < 4.78 is 0. The lowest BCUT2D eigenvalue weighted by Gasteiger charge is -2.06. The summed E-state index contributed by atoms with van der Waals surface area (Å²) in [6, 6.07) is 5.91. The van der Waals surface area contributed by atoms with Crippen LogP contribution < -0.4 is 0 Å². The quantitative estimate of drug-likeness (QED) is 0.640. The average Bonchev–Trinajstić information content (AvgIpc) is 2.17. The number of rotatable bonds is 3. The number of hydrogen-bond donors (Lipinski definition) is 0. The van der Waals surface area contributed by atoms with Crippen LogP contribution in [-0.2, 0) is 0 Å². The minimum atomic E-state index is 0.773. The Labute approximate surface area is 96.6 Å². The van der Waals surface area contributed by atoms with E-state index in [9.17, 15) is 0 Å². The van der Waals surface area contributed by atoms with E-state index < -0.39 is 0 Å². The van der Waals surface area contributed by atoms with Crippen molar-refractivity contribution in [2.75, 3.05) is 0 Å². The fourth-order valence-corrected chi connectivity index (χ4v) is 1.72. The third-order valence-corrected chi connectivity index (χ3v) is 2.38. The van der Waals surface area contributed by atoms with Crippen molar-refractivity contribution in [2.24, 2.45) is 0 Å². The van der Waals surface area contributed by atoms with Crippen molar-refractivity contribution >= 4 is 17.2 Å². The average molecular weight is 219 g/mol. The molecule has 0 aromatic heterocycles. The molecule has 1 aromatic carbocycles. The van der Waals surface area contributed by atoms with Gasteiger partial charge in [-0.2, -0.15) is 0 Å². The molecular weight excluding hydrogens is 204 g/mol. The van der Waals surface area contributed by atoms with Gasteiger partial charge in [-0.1, -0.05) is 48.6 Å². The van der Waals surface area contributed by atoms with Crippen LogP contribution in [-0.4, -0.2) is 0 Å². The van der Waals surface area contributed by atoms with Crippen molar-refractivity contribution in [1.29, 1.82) is 0 Å². The van der Waals surface area contributed by atoms with Gasteiger partial charge in [-0.15, -0.1) is 0 Å². The molecule has 0 nitrogen and oxygen atoms in total. The first kappa shape index (κ1) is 11.8. The van der Waals surface area contributed by atoms with Crippen LogP contribution in [0.15, 0.2) is 49.1 Å². The van der Waals surface area contributed by atoms with Gasteiger partial charge in [-0.05, 0) is 42.7 Å². The van der Waals surface area contributed by atoms with E-state index in [4.69, 9.17) is 11.6 Å². The van der Waals surface area contributed by atoms with E-state index in [1.165, 1.54) is 11.1 Å². The molecule has 0 saturated heterocycles. The van der Waals surface area contributed by atoms with E-state index in [1.54, 1.807) is 6.08 Å². The van der Waals surface area contributed by atoms with Gasteiger partial charge >= 0.3 is 0 Å². The summed E-state index contributed by atoms with van der Waals surface area (Å²) in [5.74, 6) is 0. The molecular formula is C14H15Cl.